The van der Waals surface area contributed by atoms with E-state index in [1.165, 1.54) is 77.0 Å². The molecule has 0 aromatic rings. The molecule has 1 aliphatic rings. The molecule has 1 N–H and O–H groups in total. The van der Waals surface area contributed by atoms with Gasteiger partial charge in [0.15, 0.2) is 0 Å². The van der Waals surface area contributed by atoms with Crippen LogP contribution in [0.3, 0.4) is 0 Å². The molecule has 158 valence electrons. The van der Waals surface area contributed by atoms with Crippen molar-refractivity contribution in [2.24, 2.45) is 0 Å². The lowest BCUT2D eigenvalue weighted by atomic mass is 10.1. The number of carbonyl (C=O) groups is 1. The van der Waals surface area contributed by atoms with Crippen molar-refractivity contribution >= 4 is 5.91 Å². The van der Waals surface area contributed by atoms with Crippen LogP contribution >= 0.6 is 0 Å². The number of carbonyl (C=O) groups excluding carboxylic acids is 1. The molecule has 0 radical (unpaired) electrons. The predicted octanol–water partition coefficient (Wildman–Crippen LogP) is 5.12. The molecule has 0 saturated carbocycles. The molecule has 0 aromatic heterocycles. The molecule has 1 amide bonds. The van der Waals surface area contributed by atoms with E-state index < -0.39 is 0 Å². The van der Waals surface area contributed by atoms with Crippen LogP contribution in [0.15, 0.2) is 12.2 Å². The van der Waals surface area contributed by atoms with Crippen LogP contribution in [0.25, 0.3) is 0 Å². The maximum atomic E-state index is 12.2. The topological polar surface area (TPSA) is 43.8 Å². The minimum atomic E-state index is 0.177. The number of β-amino-alcohol motifs (C(OH)–C–C–N with tert-alkyl or cyclic N) is 1. The van der Waals surface area contributed by atoms with Crippen LogP contribution in [0.1, 0.15) is 96.8 Å². The third kappa shape index (κ3) is 13.0. The molecular weight excluding hydrogens is 336 g/mol. The molecule has 4 nitrogen and oxygen atoms in total. The number of nitrogens with zero attached hydrogens (tertiary/aromatic N) is 2. The van der Waals surface area contributed by atoms with Crippen LogP contribution in [0, 0.1) is 0 Å². The van der Waals surface area contributed by atoms with Gasteiger partial charge in [-0.15, -0.1) is 0 Å². The van der Waals surface area contributed by atoms with Crippen molar-refractivity contribution in [1.82, 2.24) is 9.80 Å². The molecule has 0 atom stereocenters. The summed E-state index contributed by atoms with van der Waals surface area (Å²) in [5, 5.41) is 8.95. The summed E-state index contributed by atoms with van der Waals surface area (Å²) >= 11 is 0. The van der Waals surface area contributed by atoms with Gasteiger partial charge in [-0.1, -0.05) is 70.4 Å². The number of unbranched alkanes of at least 4 members (excludes halogenated alkanes) is 11. The Morgan fingerprint density at radius 1 is 0.852 bits per heavy atom. The third-order valence-corrected chi connectivity index (χ3v) is 5.48. The third-order valence-electron chi connectivity index (χ3n) is 5.48. The molecule has 1 aliphatic heterocycles. The van der Waals surface area contributed by atoms with E-state index in [0.29, 0.717) is 19.6 Å². The fourth-order valence-corrected chi connectivity index (χ4v) is 3.68. The van der Waals surface area contributed by atoms with E-state index >= 15 is 0 Å². The molecule has 4 heteroatoms. The van der Waals surface area contributed by atoms with Gasteiger partial charge in [0.1, 0.15) is 0 Å². The molecule has 0 aliphatic carbocycles. The number of hydrogen-bond donors (Lipinski definition) is 1. The first-order chi connectivity index (χ1) is 13.3. The number of aliphatic hydroxyl groups is 1. The average molecular weight is 381 g/mol. The second-order valence-electron chi connectivity index (χ2n) is 7.97. The summed E-state index contributed by atoms with van der Waals surface area (Å²) in [6, 6.07) is 0. The smallest absolute Gasteiger partial charge is 0.223 e. The lowest BCUT2D eigenvalue weighted by molar-refractivity contribution is -0.130. The van der Waals surface area contributed by atoms with Crippen LogP contribution in [0.2, 0.25) is 0 Å². The molecule has 0 spiro atoms. The van der Waals surface area contributed by atoms with Gasteiger partial charge in [-0.2, -0.15) is 0 Å². The zero-order valence-corrected chi connectivity index (χ0v) is 17.8. The lowest BCUT2D eigenvalue weighted by Crippen LogP contribution is -2.31. The highest BCUT2D eigenvalue weighted by Gasteiger charge is 2.22. The van der Waals surface area contributed by atoms with Crippen LogP contribution in [0.5, 0.6) is 0 Å². The summed E-state index contributed by atoms with van der Waals surface area (Å²) in [5.74, 6) is 0.285. The molecule has 1 heterocycles. The standard InChI is InChI=1S/C23H44N2O2/c1-2-3-4-5-6-7-8-9-10-11-12-13-14-15-16-17-23(27)25-19-18-24(22-25)20-21-26/h9-10,26H,2-8,11-22H2,1H3/b10-9-. The molecule has 1 rings (SSSR count). The van der Waals surface area contributed by atoms with Gasteiger partial charge in [0.05, 0.1) is 13.3 Å². The van der Waals surface area contributed by atoms with Crippen molar-refractivity contribution in [3.63, 3.8) is 0 Å². The van der Waals surface area contributed by atoms with E-state index in [4.69, 9.17) is 5.11 Å². The normalized spacial score (nSPS) is 15.3. The first kappa shape index (κ1) is 24.2. The number of hydrogen-bond acceptors (Lipinski definition) is 3. The van der Waals surface area contributed by atoms with E-state index in [-0.39, 0.29) is 12.5 Å². The van der Waals surface area contributed by atoms with Crippen LogP contribution in [-0.4, -0.2) is 53.7 Å². The number of rotatable bonds is 17. The van der Waals surface area contributed by atoms with Crippen molar-refractivity contribution < 1.29 is 9.90 Å². The second-order valence-corrected chi connectivity index (χ2v) is 7.97. The van der Waals surface area contributed by atoms with E-state index in [1.807, 2.05) is 4.90 Å². The molecular formula is C23H44N2O2. The van der Waals surface area contributed by atoms with Gasteiger partial charge >= 0.3 is 0 Å². The highest BCUT2D eigenvalue weighted by molar-refractivity contribution is 5.76. The summed E-state index contributed by atoms with van der Waals surface area (Å²) in [5.41, 5.74) is 0. The summed E-state index contributed by atoms with van der Waals surface area (Å²) in [6.07, 6.45) is 22.2. The zero-order chi connectivity index (χ0) is 19.6. The predicted molar refractivity (Wildman–Crippen MR) is 115 cm³/mol. The molecule has 1 saturated heterocycles. The number of amides is 1. The molecule has 0 unspecified atom stereocenters. The minimum Gasteiger partial charge on any atom is -0.395 e. The Morgan fingerprint density at radius 2 is 1.44 bits per heavy atom. The Hall–Kier alpha value is -0.870. The lowest BCUT2D eigenvalue weighted by Gasteiger charge is -2.17. The van der Waals surface area contributed by atoms with Gasteiger partial charge < -0.3 is 10.0 Å². The Balaban J connectivity index is 1.83. The summed E-state index contributed by atoms with van der Waals surface area (Å²) in [4.78, 5) is 16.2. The number of aliphatic hydroxyl groups excluding tert-OH is 1. The highest BCUT2D eigenvalue weighted by Crippen LogP contribution is 2.12. The first-order valence-electron chi connectivity index (χ1n) is 11.5. The van der Waals surface area contributed by atoms with Crippen molar-refractivity contribution in [2.75, 3.05) is 32.9 Å². The Kier molecular flexibility index (Phi) is 15.4. The SMILES string of the molecule is CCCCCCCC/C=C\CCCCCCCC(=O)N1CCN(CCO)C1. The summed E-state index contributed by atoms with van der Waals surface area (Å²) < 4.78 is 0. The minimum absolute atomic E-state index is 0.177. The van der Waals surface area contributed by atoms with E-state index in [0.717, 1.165) is 19.5 Å². The van der Waals surface area contributed by atoms with E-state index in [2.05, 4.69) is 24.0 Å². The summed E-state index contributed by atoms with van der Waals surface area (Å²) in [6.45, 7) is 5.55. The van der Waals surface area contributed by atoms with Gasteiger partial charge in [0.25, 0.3) is 0 Å². The molecule has 0 aromatic carbocycles. The van der Waals surface area contributed by atoms with Gasteiger partial charge in [-0.3, -0.25) is 9.69 Å². The van der Waals surface area contributed by atoms with E-state index in [9.17, 15) is 4.79 Å². The second kappa shape index (κ2) is 17.2. The van der Waals surface area contributed by atoms with Crippen molar-refractivity contribution in [3.8, 4) is 0 Å². The Bertz CT molecular complexity index is 385. The maximum Gasteiger partial charge on any atom is 0.223 e. The quantitative estimate of drug-likeness (QED) is 0.281. The van der Waals surface area contributed by atoms with Crippen molar-refractivity contribution in [3.05, 3.63) is 12.2 Å². The number of allylic oxidation sites excluding steroid dienone is 2. The molecule has 1 fully saturated rings. The first-order valence-corrected chi connectivity index (χ1v) is 11.5. The van der Waals surface area contributed by atoms with Gasteiger partial charge in [0, 0.05) is 26.1 Å². The highest BCUT2D eigenvalue weighted by atomic mass is 16.3. The molecule has 0 bridgehead atoms. The van der Waals surface area contributed by atoms with E-state index in [1.54, 1.807) is 0 Å². The van der Waals surface area contributed by atoms with Crippen LogP contribution in [0.4, 0.5) is 0 Å². The van der Waals surface area contributed by atoms with Gasteiger partial charge in [-0.25, -0.2) is 0 Å². The Morgan fingerprint density at radius 3 is 2.07 bits per heavy atom. The zero-order valence-electron chi connectivity index (χ0n) is 17.8. The average Bonchev–Trinajstić information content (AvgIpc) is 3.14. The van der Waals surface area contributed by atoms with Crippen LogP contribution < -0.4 is 0 Å². The fourth-order valence-electron chi connectivity index (χ4n) is 3.68. The summed E-state index contributed by atoms with van der Waals surface area (Å²) in [7, 11) is 0. The van der Waals surface area contributed by atoms with Gasteiger partial charge in [0.2, 0.25) is 5.91 Å². The largest absolute Gasteiger partial charge is 0.395 e. The van der Waals surface area contributed by atoms with Crippen LogP contribution in [-0.2, 0) is 4.79 Å². The Labute approximate surface area is 168 Å². The molecule has 27 heavy (non-hydrogen) atoms. The van der Waals surface area contributed by atoms with Gasteiger partial charge in [-0.05, 0) is 32.1 Å². The monoisotopic (exact) mass is 380 g/mol. The fraction of sp³-hybridized carbons (Fsp3) is 0.870. The van der Waals surface area contributed by atoms with Crippen molar-refractivity contribution in [2.45, 2.75) is 96.8 Å². The maximum absolute atomic E-state index is 12.2. The van der Waals surface area contributed by atoms with Crippen molar-refractivity contribution in [1.29, 1.82) is 0 Å².